The lowest BCUT2D eigenvalue weighted by atomic mass is 10.1. The Hall–Kier alpha value is -3.30. The van der Waals surface area contributed by atoms with Crippen molar-refractivity contribution in [3.63, 3.8) is 0 Å². The molecule has 172 valence electrons. The Morgan fingerprint density at radius 2 is 1.97 bits per heavy atom. The van der Waals surface area contributed by atoms with E-state index in [1.54, 1.807) is 37.3 Å². The number of carboxylic acid groups (broad SMARTS) is 1. The molecule has 0 radical (unpaired) electrons. The molecule has 8 nitrogen and oxygen atoms in total. The molecule has 0 aromatic heterocycles. The van der Waals surface area contributed by atoms with E-state index in [9.17, 15) is 19.2 Å². The van der Waals surface area contributed by atoms with Crippen LogP contribution in [0.25, 0.3) is 6.08 Å². The van der Waals surface area contributed by atoms with Crippen molar-refractivity contribution >= 4 is 52.5 Å². The van der Waals surface area contributed by atoms with Gasteiger partial charge in [0.25, 0.3) is 11.1 Å². The zero-order valence-corrected chi connectivity index (χ0v) is 19.3. The Bertz CT molecular complexity index is 1150. The van der Waals surface area contributed by atoms with E-state index in [0.29, 0.717) is 16.9 Å². The van der Waals surface area contributed by atoms with Crippen LogP contribution in [0.2, 0.25) is 5.02 Å². The number of benzene rings is 2. The number of ether oxygens (including phenoxy) is 2. The summed E-state index contributed by atoms with van der Waals surface area (Å²) in [5.41, 5.74) is 1.39. The van der Waals surface area contributed by atoms with Gasteiger partial charge in [-0.25, -0.2) is 9.59 Å². The number of nitrogens with zero attached hydrogens (tertiary/aromatic N) is 1. The van der Waals surface area contributed by atoms with Gasteiger partial charge >= 0.3 is 11.9 Å². The van der Waals surface area contributed by atoms with Gasteiger partial charge in [0.2, 0.25) is 0 Å². The SMILES string of the molecule is CCOC(=O)C(C)N1C(=O)S/C(=C/c2ccc(OCc3cccc(C(=O)O)c3)c(Cl)c2)C1=O. The minimum Gasteiger partial charge on any atom is -0.487 e. The molecule has 2 aromatic carbocycles. The predicted octanol–water partition coefficient (Wildman–Crippen LogP) is 4.61. The molecule has 1 aliphatic rings. The van der Waals surface area contributed by atoms with Gasteiger partial charge in [-0.1, -0.05) is 29.8 Å². The van der Waals surface area contributed by atoms with E-state index in [1.807, 2.05) is 0 Å². The average Bonchev–Trinajstić information content (AvgIpc) is 3.05. The standard InChI is InChI=1S/C23H20ClNO7S/c1-3-31-22(29)13(2)25-20(26)19(33-23(25)30)11-14-7-8-18(17(24)10-14)32-12-15-5-4-6-16(9-15)21(27)28/h4-11,13H,3,12H2,1-2H3,(H,27,28)/b19-11+. The van der Waals surface area contributed by atoms with Crippen molar-refractivity contribution in [2.45, 2.75) is 26.5 Å². The molecule has 1 unspecified atom stereocenters. The summed E-state index contributed by atoms with van der Waals surface area (Å²) >= 11 is 7.03. The van der Waals surface area contributed by atoms with Crippen LogP contribution in [0.1, 0.15) is 35.3 Å². The summed E-state index contributed by atoms with van der Waals surface area (Å²) in [5.74, 6) is -1.89. The van der Waals surface area contributed by atoms with E-state index in [2.05, 4.69) is 0 Å². The fourth-order valence-corrected chi connectivity index (χ4v) is 4.16. The highest BCUT2D eigenvalue weighted by atomic mass is 35.5. The monoisotopic (exact) mass is 489 g/mol. The largest absolute Gasteiger partial charge is 0.487 e. The Balaban J connectivity index is 1.71. The third kappa shape index (κ3) is 5.74. The number of esters is 1. The smallest absolute Gasteiger partial charge is 0.335 e. The fourth-order valence-electron chi connectivity index (χ4n) is 3.01. The van der Waals surface area contributed by atoms with Crippen LogP contribution in [0.4, 0.5) is 4.79 Å². The number of rotatable bonds is 8. The van der Waals surface area contributed by atoms with Crippen molar-refractivity contribution < 1.29 is 33.8 Å². The van der Waals surface area contributed by atoms with Gasteiger partial charge in [-0.05, 0) is 67.1 Å². The Labute approximate surface area is 199 Å². The zero-order chi connectivity index (χ0) is 24.1. The molecule has 2 aromatic rings. The minimum absolute atomic E-state index is 0.116. The molecule has 1 N–H and O–H groups in total. The van der Waals surface area contributed by atoms with E-state index in [4.69, 9.17) is 26.2 Å². The molecule has 1 heterocycles. The van der Waals surface area contributed by atoms with Gasteiger partial charge in [-0.15, -0.1) is 0 Å². The summed E-state index contributed by atoms with van der Waals surface area (Å²) in [7, 11) is 0. The number of halogens is 1. The molecule has 1 aliphatic heterocycles. The number of carbonyl (C=O) groups is 4. The highest BCUT2D eigenvalue weighted by Crippen LogP contribution is 2.35. The molecule has 3 rings (SSSR count). The third-order valence-corrected chi connectivity index (χ3v) is 5.84. The second-order valence-corrected chi connectivity index (χ2v) is 8.36. The van der Waals surface area contributed by atoms with Gasteiger partial charge in [-0.3, -0.25) is 14.5 Å². The molecular weight excluding hydrogens is 470 g/mol. The molecule has 0 aliphatic carbocycles. The number of carboxylic acids is 1. The summed E-state index contributed by atoms with van der Waals surface area (Å²) in [5, 5.41) is 8.80. The summed E-state index contributed by atoms with van der Waals surface area (Å²) in [6.07, 6.45) is 1.51. The maximum absolute atomic E-state index is 12.7. The molecule has 1 atom stereocenters. The van der Waals surface area contributed by atoms with E-state index < -0.39 is 29.1 Å². The molecule has 1 saturated heterocycles. The maximum atomic E-state index is 12.7. The highest BCUT2D eigenvalue weighted by molar-refractivity contribution is 8.18. The number of aromatic carboxylic acids is 1. The van der Waals surface area contributed by atoms with Gasteiger partial charge < -0.3 is 14.6 Å². The number of imide groups is 1. The van der Waals surface area contributed by atoms with Crippen LogP contribution in [0.3, 0.4) is 0 Å². The molecule has 0 bridgehead atoms. The van der Waals surface area contributed by atoms with Gasteiger partial charge in [-0.2, -0.15) is 0 Å². The summed E-state index contributed by atoms with van der Waals surface area (Å²) in [6, 6.07) is 10.2. The van der Waals surface area contributed by atoms with Crippen molar-refractivity contribution in [3.8, 4) is 5.75 Å². The molecule has 0 saturated carbocycles. The second-order valence-electron chi connectivity index (χ2n) is 6.96. The van der Waals surface area contributed by atoms with Crippen molar-refractivity contribution in [3.05, 3.63) is 69.1 Å². The summed E-state index contributed by atoms with van der Waals surface area (Å²) < 4.78 is 10.6. The van der Waals surface area contributed by atoms with Gasteiger partial charge in [0.1, 0.15) is 18.4 Å². The van der Waals surface area contributed by atoms with Crippen molar-refractivity contribution in [1.82, 2.24) is 4.90 Å². The molecule has 33 heavy (non-hydrogen) atoms. The van der Waals surface area contributed by atoms with Gasteiger partial charge in [0, 0.05) is 0 Å². The van der Waals surface area contributed by atoms with Crippen LogP contribution in [-0.4, -0.2) is 45.7 Å². The van der Waals surface area contributed by atoms with Crippen molar-refractivity contribution in [2.75, 3.05) is 6.61 Å². The number of hydrogen-bond acceptors (Lipinski definition) is 7. The minimum atomic E-state index is -1.03. The summed E-state index contributed by atoms with van der Waals surface area (Å²) in [4.78, 5) is 49.0. The number of amides is 2. The number of carbonyl (C=O) groups excluding carboxylic acids is 3. The van der Waals surface area contributed by atoms with Crippen LogP contribution in [0, 0.1) is 0 Å². The average molecular weight is 490 g/mol. The van der Waals surface area contributed by atoms with E-state index in [-0.39, 0.29) is 28.7 Å². The molecular formula is C23H20ClNO7S. The van der Waals surface area contributed by atoms with E-state index in [0.717, 1.165) is 16.7 Å². The molecule has 2 amide bonds. The Morgan fingerprint density at radius 1 is 1.21 bits per heavy atom. The van der Waals surface area contributed by atoms with Crippen LogP contribution in [0.5, 0.6) is 5.75 Å². The normalized spacial score (nSPS) is 15.6. The van der Waals surface area contributed by atoms with E-state index >= 15 is 0 Å². The highest BCUT2D eigenvalue weighted by Gasteiger charge is 2.41. The van der Waals surface area contributed by atoms with E-state index in [1.165, 1.54) is 25.1 Å². The lowest BCUT2D eigenvalue weighted by molar-refractivity contribution is -0.150. The van der Waals surface area contributed by atoms with Crippen molar-refractivity contribution in [2.24, 2.45) is 0 Å². The second kappa shape index (κ2) is 10.5. The molecule has 0 spiro atoms. The Morgan fingerprint density at radius 3 is 2.64 bits per heavy atom. The lowest BCUT2D eigenvalue weighted by Crippen LogP contribution is -2.42. The first-order valence-electron chi connectivity index (χ1n) is 9.89. The first-order chi connectivity index (χ1) is 15.7. The van der Waals surface area contributed by atoms with Crippen LogP contribution in [-0.2, 0) is 20.9 Å². The predicted molar refractivity (Wildman–Crippen MR) is 123 cm³/mol. The fraction of sp³-hybridized carbons (Fsp3) is 0.217. The topological polar surface area (TPSA) is 110 Å². The molecule has 1 fully saturated rings. The zero-order valence-electron chi connectivity index (χ0n) is 17.7. The quantitative estimate of drug-likeness (QED) is 0.423. The van der Waals surface area contributed by atoms with Gasteiger partial charge in [0.05, 0.1) is 22.1 Å². The lowest BCUT2D eigenvalue weighted by Gasteiger charge is -2.19. The number of thioether (sulfide) groups is 1. The van der Waals surface area contributed by atoms with Crippen LogP contribution >= 0.6 is 23.4 Å². The Kier molecular flexibility index (Phi) is 7.78. The number of hydrogen-bond donors (Lipinski definition) is 1. The van der Waals surface area contributed by atoms with Crippen molar-refractivity contribution in [1.29, 1.82) is 0 Å². The van der Waals surface area contributed by atoms with Crippen LogP contribution in [0.15, 0.2) is 47.4 Å². The first-order valence-corrected chi connectivity index (χ1v) is 11.1. The maximum Gasteiger partial charge on any atom is 0.335 e. The van der Waals surface area contributed by atoms with Gasteiger partial charge in [0.15, 0.2) is 0 Å². The molecule has 10 heteroatoms. The first kappa shape index (κ1) is 24.3. The third-order valence-electron chi connectivity index (χ3n) is 4.66. The van der Waals surface area contributed by atoms with Crippen LogP contribution < -0.4 is 4.74 Å². The summed E-state index contributed by atoms with van der Waals surface area (Å²) in [6.45, 7) is 3.34.